The van der Waals surface area contributed by atoms with Gasteiger partial charge in [0.25, 0.3) is 5.91 Å². The first-order valence-corrected chi connectivity index (χ1v) is 8.04. The molecule has 0 fully saturated rings. The summed E-state index contributed by atoms with van der Waals surface area (Å²) in [4.78, 5) is 27.6. The maximum absolute atomic E-state index is 12.6. The van der Waals surface area contributed by atoms with Crippen molar-refractivity contribution in [1.82, 2.24) is 14.9 Å². The first-order chi connectivity index (χ1) is 12.7. The Labute approximate surface area is 148 Å². The minimum atomic E-state index is -0.392. The van der Waals surface area contributed by atoms with E-state index in [2.05, 4.69) is 10.3 Å². The Morgan fingerprint density at radius 2 is 1.77 bits per heavy atom. The summed E-state index contributed by atoms with van der Waals surface area (Å²) in [6, 6.07) is 20.0. The summed E-state index contributed by atoms with van der Waals surface area (Å²) in [5.41, 5.74) is 2.50. The number of rotatable bonds is 4. The highest BCUT2D eigenvalue weighted by Gasteiger charge is 2.14. The molecule has 0 aliphatic rings. The molecule has 0 saturated carbocycles. The topological polar surface area (TPSA) is 80.0 Å². The Morgan fingerprint density at radius 1 is 1.00 bits per heavy atom. The Bertz CT molecular complexity index is 1140. The molecule has 26 heavy (non-hydrogen) atoms. The number of amides is 1. The first kappa shape index (κ1) is 15.7. The number of aromatic amines is 1. The van der Waals surface area contributed by atoms with Crippen LogP contribution in [0.5, 0.6) is 0 Å². The fraction of sp³-hybridized carbons (Fsp3) is 0. The van der Waals surface area contributed by atoms with Crippen LogP contribution >= 0.6 is 0 Å². The van der Waals surface area contributed by atoms with Crippen LogP contribution in [0.25, 0.3) is 16.7 Å². The van der Waals surface area contributed by atoms with Crippen molar-refractivity contribution in [1.29, 1.82) is 0 Å². The van der Waals surface area contributed by atoms with Gasteiger partial charge in [-0.25, -0.2) is 4.79 Å². The van der Waals surface area contributed by atoms with E-state index in [9.17, 15) is 9.59 Å². The van der Waals surface area contributed by atoms with Crippen molar-refractivity contribution < 1.29 is 9.21 Å². The molecule has 0 radical (unpaired) electrons. The Hall–Kier alpha value is -3.80. The average molecular weight is 345 g/mol. The summed E-state index contributed by atoms with van der Waals surface area (Å²) >= 11 is 0. The first-order valence-electron chi connectivity index (χ1n) is 8.04. The van der Waals surface area contributed by atoms with Gasteiger partial charge in [-0.3, -0.25) is 9.36 Å². The second-order valence-corrected chi connectivity index (χ2v) is 5.63. The number of imidazole rings is 1. The van der Waals surface area contributed by atoms with Gasteiger partial charge >= 0.3 is 5.69 Å². The number of nitrogens with one attached hydrogen (secondary N) is 2. The van der Waals surface area contributed by atoms with E-state index in [0.717, 1.165) is 16.6 Å². The number of furan rings is 1. The largest absolute Gasteiger partial charge is 0.459 e. The molecule has 0 unspecified atom stereocenters. The summed E-state index contributed by atoms with van der Waals surface area (Å²) < 4.78 is 6.64. The smallest absolute Gasteiger partial charge is 0.331 e. The van der Waals surface area contributed by atoms with E-state index in [4.69, 9.17) is 4.42 Å². The lowest BCUT2D eigenvalue weighted by molar-refractivity contribution is 0.0943. The molecule has 2 aromatic heterocycles. The van der Waals surface area contributed by atoms with Gasteiger partial charge in [-0.15, -0.1) is 0 Å². The molecule has 0 atom stereocenters. The van der Waals surface area contributed by atoms with E-state index in [-0.39, 0.29) is 11.4 Å². The van der Waals surface area contributed by atoms with Crippen LogP contribution in [0.15, 0.2) is 88.4 Å². The highest BCUT2D eigenvalue weighted by molar-refractivity contribution is 5.93. The number of carbonyl (C=O) groups excluding carboxylic acids is 1. The summed E-state index contributed by atoms with van der Waals surface area (Å²) in [5, 5.41) is 2.70. The molecular weight excluding hydrogens is 330 g/mol. The van der Waals surface area contributed by atoms with Crippen molar-refractivity contribution in [3.63, 3.8) is 0 Å². The van der Waals surface area contributed by atoms with Gasteiger partial charge in [0.2, 0.25) is 0 Å². The predicted molar refractivity (Wildman–Crippen MR) is 98.5 cm³/mol. The zero-order valence-corrected chi connectivity index (χ0v) is 13.7. The maximum atomic E-state index is 12.6. The highest BCUT2D eigenvalue weighted by Crippen LogP contribution is 2.20. The minimum Gasteiger partial charge on any atom is -0.459 e. The van der Waals surface area contributed by atoms with Gasteiger partial charge in [0, 0.05) is 11.8 Å². The van der Waals surface area contributed by atoms with Crippen LogP contribution < -0.4 is 11.0 Å². The normalized spacial score (nSPS) is 11.6. The van der Waals surface area contributed by atoms with Crippen molar-refractivity contribution in [3.05, 3.63) is 101 Å². The number of para-hydroxylation sites is 2. The van der Waals surface area contributed by atoms with Crippen LogP contribution in [0.2, 0.25) is 0 Å². The highest BCUT2D eigenvalue weighted by atomic mass is 16.3. The van der Waals surface area contributed by atoms with Crippen molar-refractivity contribution in [3.8, 4) is 0 Å². The van der Waals surface area contributed by atoms with E-state index in [1.807, 2.05) is 54.6 Å². The number of benzene rings is 2. The number of aromatic nitrogens is 2. The van der Waals surface area contributed by atoms with E-state index in [0.29, 0.717) is 5.70 Å². The molecule has 0 bridgehead atoms. The standard InChI is InChI=1S/C20H15N3O3/c24-19(18-11-6-12-26-18)21-13-17(14-7-2-1-3-8-14)23-16-10-5-4-9-15(16)22-20(23)25/h1-13H,(H,21,24)(H,22,25)/b17-13+. The maximum Gasteiger partial charge on any atom is 0.331 e. The van der Waals surface area contributed by atoms with E-state index in [1.54, 1.807) is 12.1 Å². The number of hydrogen-bond acceptors (Lipinski definition) is 3. The summed E-state index contributed by atoms with van der Waals surface area (Å²) in [5.74, 6) is -0.198. The van der Waals surface area contributed by atoms with E-state index < -0.39 is 5.91 Å². The second-order valence-electron chi connectivity index (χ2n) is 5.63. The number of H-pyrrole nitrogens is 1. The quantitative estimate of drug-likeness (QED) is 0.596. The van der Waals surface area contributed by atoms with Crippen LogP contribution in [-0.2, 0) is 0 Å². The van der Waals surface area contributed by atoms with Crippen LogP contribution in [0.3, 0.4) is 0 Å². The van der Waals surface area contributed by atoms with E-state index >= 15 is 0 Å². The molecule has 2 heterocycles. The Kier molecular flexibility index (Phi) is 3.99. The van der Waals surface area contributed by atoms with Crippen LogP contribution in [0.1, 0.15) is 16.1 Å². The van der Waals surface area contributed by atoms with Crippen molar-refractivity contribution in [2.75, 3.05) is 0 Å². The fourth-order valence-electron chi connectivity index (χ4n) is 2.79. The molecule has 128 valence electrons. The van der Waals surface area contributed by atoms with Crippen molar-refractivity contribution in [2.24, 2.45) is 0 Å². The van der Waals surface area contributed by atoms with Gasteiger partial charge in [-0.05, 0) is 24.3 Å². The van der Waals surface area contributed by atoms with Crippen molar-refractivity contribution in [2.45, 2.75) is 0 Å². The van der Waals surface area contributed by atoms with Crippen molar-refractivity contribution >= 4 is 22.6 Å². The zero-order chi connectivity index (χ0) is 17.9. The minimum absolute atomic E-state index is 0.194. The molecule has 4 rings (SSSR count). The average Bonchev–Trinajstić information content (AvgIpc) is 3.31. The van der Waals surface area contributed by atoms with Gasteiger partial charge < -0.3 is 14.7 Å². The third-order valence-electron chi connectivity index (χ3n) is 3.99. The molecule has 2 N–H and O–H groups in total. The number of carbonyl (C=O) groups is 1. The molecule has 0 aliphatic carbocycles. The third-order valence-corrected chi connectivity index (χ3v) is 3.99. The molecule has 2 aromatic carbocycles. The Morgan fingerprint density at radius 3 is 2.54 bits per heavy atom. The number of nitrogens with zero attached hydrogens (tertiary/aromatic N) is 1. The Balaban J connectivity index is 1.84. The lowest BCUT2D eigenvalue weighted by Gasteiger charge is -2.10. The lowest BCUT2D eigenvalue weighted by Crippen LogP contribution is -2.22. The van der Waals surface area contributed by atoms with Gasteiger partial charge in [-0.1, -0.05) is 42.5 Å². The molecule has 0 saturated heterocycles. The molecule has 6 nitrogen and oxygen atoms in total. The SMILES string of the molecule is O=C(N/C=C(\c1ccccc1)n1c(=O)[nH]c2ccccc21)c1ccco1. The van der Waals surface area contributed by atoms with Gasteiger partial charge in [-0.2, -0.15) is 0 Å². The summed E-state index contributed by atoms with van der Waals surface area (Å²) in [6.45, 7) is 0. The van der Waals surface area contributed by atoms with Gasteiger partial charge in [0.05, 0.1) is 23.0 Å². The fourth-order valence-corrected chi connectivity index (χ4v) is 2.79. The zero-order valence-electron chi connectivity index (χ0n) is 13.7. The van der Waals surface area contributed by atoms with Gasteiger partial charge in [0.1, 0.15) is 0 Å². The number of fused-ring (bicyclic) bond motifs is 1. The molecule has 4 aromatic rings. The molecule has 6 heteroatoms. The molecular formula is C20H15N3O3. The molecule has 1 amide bonds. The van der Waals surface area contributed by atoms with Crippen LogP contribution in [0.4, 0.5) is 0 Å². The summed E-state index contributed by atoms with van der Waals surface area (Å²) in [6.07, 6.45) is 2.95. The van der Waals surface area contributed by atoms with E-state index in [1.165, 1.54) is 17.0 Å². The molecule has 0 spiro atoms. The summed E-state index contributed by atoms with van der Waals surface area (Å²) in [7, 11) is 0. The third kappa shape index (κ3) is 2.84. The molecule has 0 aliphatic heterocycles. The van der Waals surface area contributed by atoms with Crippen LogP contribution in [-0.4, -0.2) is 15.5 Å². The number of hydrogen-bond donors (Lipinski definition) is 2. The second kappa shape index (κ2) is 6.60. The predicted octanol–water partition coefficient (Wildman–Crippen LogP) is 3.20. The lowest BCUT2D eigenvalue weighted by atomic mass is 10.1. The van der Waals surface area contributed by atoms with Gasteiger partial charge in [0.15, 0.2) is 5.76 Å². The van der Waals surface area contributed by atoms with Crippen LogP contribution in [0, 0.1) is 0 Å². The monoisotopic (exact) mass is 345 g/mol.